The Morgan fingerprint density at radius 2 is 2.08 bits per heavy atom. The lowest BCUT2D eigenvalue weighted by Crippen LogP contribution is -2.19. The second-order valence-electron chi connectivity index (χ2n) is 1.88. The van der Waals surface area contributed by atoms with Crippen molar-refractivity contribution >= 4 is 0 Å². The highest BCUT2D eigenvalue weighted by atomic mass is 19.4. The van der Waals surface area contributed by atoms with Crippen LogP contribution in [-0.4, -0.2) is 16.9 Å². The maximum Gasteiger partial charge on any atom is 0.507 e. The van der Waals surface area contributed by atoms with Crippen LogP contribution in [0.4, 0.5) is 17.6 Å². The fraction of sp³-hybridized carbons (Fsp3) is 0.400. The molecule has 0 bridgehead atoms. The van der Waals surface area contributed by atoms with Crippen molar-refractivity contribution in [1.29, 1.82) is 0 Å². The molecule has 0 aromatic carbocycles. The van der Waals surface area contributed by atoms with Crippen LogP contribution < -0.4 is 4.74 Å². The average Bonchev–Trinajstić information content (AvgIpc) is 2.29. The van der Waals surface area contributed by atoms with Crippen LogP contribution in [0.25, 0.3) is 0 Å². The number of hydrogen-bond acceptors (Lipinski definition) is 2. The van der Waals surface area contributed by atoms with E-state index in [0.29, 0.717) is 6.20 Å². The second kappa shape index (κ2) is 2.65. The molecule has 1 aromatic heterocycles. The van der Waals surface area contributed by atoms with Gasteiger partial charge in [0.05, 0.1) is 13.3 Å². The lowest BCUT2D eigenvalue weighted by atomic mass is 10.6. The Labute approximate surface area is 64.5 Å². The van der Waals surface area contributed by atoms with E-state index in [1.54, 1.807) is 0 Å². The van der Waals surface area contributed by atoms with Gasteiger partial charge in [0.25, 0.3) is 5.88 Å². The number of ether oxygens (including phenoxy) is 1. The predicted octanol–water partition coefficient (Wildman–Crippen LogP) is 1.51. The standard InChI is InChI=1S/C5H4F4N2O/c1-12-4-3(6)2-10-11(4)5(7,8)9/h2H,1H3. The molecule has 0 saturated carbocycles. The van der Waals surface area contributed by atoms with E-state index in [0.717, 1.165) is 7.11 Å². The summed E-state index contributed by atoms with van der Waals surface area (Å²) in [6.07, 6.45) is -4.32. The summed E-state index contributed by atoms with van der Waals surface area (Å²) in [6.45, 7) is 0. The Morgan fingerprint density at radius 3 is 2.42 bits per heavy atom. The minimum Gasteiger partial charge on any atom is -0.479 e. The largest absolute Gasteiger partial charge is 0.507 e. The molecule has 1 rings (SSSR count). The molecule has 0 aliphatic heterocycles. The third kappa shape index (κ3) is 1.34. The highest BCUT2D eigenvalue weighted by molar-refractivity contribution is 5.11. The molecule has 7 heteroatoms. The smallest absolute Gasteiger partial charge is 0.479 e. The average molecular weight is 184 g/mol. The monoisotopic (exact) mass is 184 g/mol. The van der Waals surface area contributed by atoms with E-state index in [-0.39, 0.29) is 0 Å². The fourth-order valence-corrected chi connectivity index (χ4v) is 0.682. The van der Waals surface area contributed by atoms with Crippen molar-refractivity contribution in [2.75, 3.05) is 7.11 Å². The molecule has 0 atom stereocenters. The Morgan fingerprint density at radius 1 is 1.50 bits per heavy atom. The van der Waals surface area contributed by atoms with Crippen molar-refractivity contribution in [2.45, 2.75) is 6.30 Å². The third-order valence-electron chi connectivity index (χ3n) is 1.12. The van der Waals surface area contributed by atoms with Gasteiger partial charge in [0.2, 0.25) is 5.82 Å². The maximum absolute atomic E-state index is 12.4. The topological polar surface area (TPSA) is 27.1 Å². The first kappa shape index (κ1) is 8.82. The van der Waals surface area contributed by atoms with Gasteiger partial charge >= 0.3 is 6.30 Å². The number of methoxy groups -OCH3 is 1. The SMILES string of the molecule is COc1c(F)cnn1C(F)(F)F. The molecule has 0 aliphatic carbocycles. The van der Waals surface area contributed by atoms with Crippen LogP contribution in [0.2, 0.25) is 0 Å². The van der Waals surface area contributed by atoms with Crippen LogP contribution in [0.3, 0.4) is 0 Å². The molecule has 1 heterocycles. The van der Waals surface area contributed by atoms with E-state index < -0.39 is 22.7 Å². The van der Waals surface area contributed by atoms with E-state index in [1.807, 2.05) is 0 Å². The van der Waals surface area contributed by atoms with Crippen molar-refractivity contribution in [3.8, 4) is 5.88 Å². The van der Waals surface area contributed by atoms with Crippen LogP contribution in [0.1, 0.15) is 0 Å². The minimum atomic E-state index is -4.75. The van der Waals surface area contributed by atoms with E-state index in [4.69, 9.17) is 0 Å². The summed E-state index contributed by atoms with van der Waals surface area (Å²) in [7, 11) is 0.933. The number of hydrogen-bond donors (Lipinski definition) is 0. The van der Waals surface area contributed by atoms with Gasteiger partial charge in [-0.15, -0.1) is 17.9 Å². The van der Waals surface area contributed by atoms with E-state index in [1.165, 1.54) is 0 Å². The van der Waals surface area contributed by atoms with E-state index >= 15 is 0 Å². The Kier molecular flexibility index (Phi) is 1.95. The van der Waals surface area contributed by atoms with Crippen molar-refractivity contribution in [3.05, 3.63) is 12.0 Å². The van der Waals surface area contributed by atoms with Crippen molar-refractivity contribution < 1.29 is 22.3 Å². The van der Waals surface area contributed by atoms with Crippen molar-refractivity contribution in [2.24, 2.45) is 0 Å². The summed E-state index contributed by atoms with van der Waals surface area (Å²) in [5, 5.41) is 2.75. The summed E-state index contributed by atoms with van der Waals surface area (Å²) < 4.78 is 51.8. The zero-order valence-corrected chi connectivity index (χ0v) is 5.89. The number of aromatic nitrogens is 2. The normalized spacial score (nSPS) is 11.8. The molecule has 0 aliphatic rings. The predicted molar refractivity (Wildman–Crippen MR) is 30.0 cm³/mol. The summed E-state index contributed by atoms with van der Waals surface area (Å²) in [5.74, 6) is -2.09. The molecule has 68 valence electrons. The molecule has 0 radical (unpaired) electrons. The number of rotatable bonds is 1. The van der Waals surface area contributed by atoms with Crippen LogP contribution in [0, 0.1) is 5.82 Å². The first-order valence-corrected chi connectivity index (χ1v) is 2.81. The summed E-state index contributed by atoms with van der Waals surface area (Å²) in [6, 6.07) is 0. The van der Waals surface area contributed by atoms with Gasteiger partial charge < -0.3 is 4.74 Å². The quantitative estimate of drug-likeness (QED) is 0.618. The Hall–Kier alpha value is -1.27. The first-order valence-electron chi connectivity index (χ1n) is 2.81. The van der Waals surface area contributed by atoms with Gasteiger partial charge in [-0.05, 0) is 0 Å². The van der Waals surface area contributed by atoms with Crippen molar-refractivity contribution in [1.82, 2.24) is 9.78 Å². The molecule has 0 N–H and O–H groups in total. The lowest BCUT2D eigenvalue weighted by molar-refractivity contribution is -0.215. The van der Waals surface area contributed by atoms with Gasteiger partial charge in [-0.1, -0.05) is 0 Å². The first-order chi connectivity index (χ1) is 5.46. The van der Waals surface area contributed by atoms with E-state index in [9.17, 15) is 17.6 Å². The van der Waals surface area contributed by atoms with Crippen molar-refractivity contribution in [3.63, 3.8) is 0 Å². The number of alkyl halides is 3. The molecular weight excluding hydrogens is 180 g/mol. The summed E-state index contributed by atoms with van der Waals surface area (Å²) in [4.78, 5) is 0. The molecule has 12 heavy (non-hydrogen) atoms. The molecule has 0 fully saturated rings. The fourth-order valence-electron chi connectivity index (χ4n) is 0.682. The molecule has 0 spiro atoms. The number of nitrogens with zero attached hydrogens (tertiary/aromatic N) is 2. The van der Waals surface area contributed by atoms with Gasteiger partial charge in [0.15, 0.2) is 0 Å². The highest BCUT2D eigenvalue weighted by Crippen LogP contribution is 2.28. The highest BCUT2D eigenvalue weighted by Gasteiger charge is 2.36. The van der Waals surface area contributed by atoms with E-state index in [2.05, 4.69) is 9.84 Å². The van der Waals surface area contributed by atoms with Gasteiger partial charge in [-0.25, -0.2) is 0 Å². The zero-order valence-electron chi connectivity index (χ0n) is 5.89. The van der Waals surface area contributed by atoms with Gasteiger partial charge in [-0.2, -0.15) is 9.49 Å². The van der Waals surface area contributed by atoms with Gasteiger partial charge in [0, 0.05) is 0 Å². The number of halogens is 4. The molecule has 1 aromatic rings. The molecule has 0 unspecified atom stereocenters. The van der Waals surface area contributed by atoms with Gasteiger partial charge in [0.1, 0.15) is 0 Å². The Bertz CT molecular complexity index is 279. The van der Waals surface area contributed by atoms with Crippen LogP contribution >= 0.6 is 0 Å². The molecule has 0 saturated heterocycles. The zero-order chi connectivity index (χ0) is 9.35. The molecular formula is C5H4F4N2O. The van der Waals surface area contributed by atoms with Gasteiger partial charge in [-0.3, -0.25) is 0 Å². The maximum atomic E-state index is 12.4. The van der Waals surface area contributed by atoms with Crippen LogP contribution in [-0.2, 0) is 6.30 Å². The van der Waals surface area contributed by atoms with Crippen LogP contribution in [0.5, 0.6) is 5.88 Å². The summed E-state index contributed by atoms with van der Waals surface area (Å²) >= 11 is 0. The molecule has 0 amide bonds. The molecule has 3 nitrogen and oxygen atoms in total. The Balaban J connectivity index is 3.16. The summed E-state index contributed by atoms with van der Waals surface area (Å²) in [5.41, 5.74) is 0. The second-order valence-corrected chi connectivity index (χ2v) is 1.88. The van der Waals surface area contributed by atoms with Crippen LogP contribution in [0.15, 0.2) is 6.20 Å². The minimum absolute atomic E-state index is 0.437. The lowest BCUT2D eigenvalue weighted by Gasteiger charge is -2.08. The third-order valence-corrected chi connectivity index (χ3v) is 1.12.